The van der Waals surface area contributed by atoms with E-state index in [1.54, 1.807) is 11.2 Å². The van der Waals surface area contributed by atoms with Crippen molar-refractivity contribution >= 4 is 21.7 Å². The summed E-state index contributed by atoms with van der Waals surface area (Å²) in [7, 11) is 0. The molecule has 0 spiro atoms. The molecule has 2 N–H and O–H groups in total. The third kappa shape index (κ3) is 2.40. The van der Waals surface area contributed by atoms with Crippen LogP contribution in [0, 0.1) is 17.2 Å². The molecule has 0 aromatic carbocycles. The predicted octanol–water partition coefficient (Wildman–Crippen LogP) is 1.98. The molecule has 0 unspecified atom stereocenters. The Bertz CT molecular complexity index is 456. The van der Waals surface area contributed by atoms with Crippen LogP contribution in [0.25, 0.3) is 0 Å². The van der Waals surface area contributed by atoms with Gasteiger partial charge in [-0.3, -0.25) is 5.01 Å². The van der Waals surface area contributed by atoms with E-state index in [1.165, 1.54) is 12.8 Å². The highest BCUT2D eigenvalue weighted by molar-refractivity contribution is 9.10. The molecule has 2 rings (SSSR count). The topological polar surface area (TPSA) is 78.8 Å². The molecule has 0 radical (unpaired) electrons. The minimum Gasteiger partial charge on any atom is -0.290 e. The lowest BCUT2D eigenvalue weighted by Gasteiger charge is -2.28. The number of nitriles is 1. The Morgan fingerprint density at radius 2 is 2.35 bits per heavy atom. The van der Waals surface area contributed by atoms with Crippen molar-refractivity contribution in [3.05, 3.63) is 16.5 Å². The minimum absolute atomic E-state index is 0.143. The summed E-state index contributed by atoms with van der Waals surface area (Å²) in [5.74, 6) is 7.40. The van der Waals surface area contributed by atoms with Crippen LogP contribution in [0.5, 0.6) is 0 Å². The number of nitrogens with zero attached hydrogens (tertiary/aromatic N) is 4. The van der Waals surface area contributed by atoms with Crippen molar-refractivity contribution in [2.75, 3.05) is 5.01 Å². The van der Waals surface area contributed by atoms with E-state index in [1.807, 2.05) is 6.07 Å². The smallest absolute Gasteiger partial charge is 0.234 e. The number of hydrogen-bond acceptors (Lipinski definition) is 5. The summed E-state index contributed by atoms with van der Waals surface area (Å²) in [5.41, 5.74) is 0. The van der Waals surface area contributed by atoms with Crippen molar-refractivity contribution in [3.8, 4) is 6.07 Å². The van der Waals surface area contributed by atoms with Gasteiger partial charge in [0.15, 0.2) is 5.82 Å². The normalized spacial score (nSPS) is 23.4. The van der Waals surface area contributed by atoms with Gasteiger partial charge < -0.3 is 0 Å². The van der Waals surface area contributed by atoms with Crippen LogP contribution in [0.3, 0.4) is 0 Å². The molecule has 1 aromatic rings. The van der Waals surface area contributed by atoms with Gasteiger partial charge in [0.2, 0.25) is 5.82 Å². The number of anilines is 1. The average Bonchev–Trinajstić information content (AvgIpc) is 2.75. The van der Waals surface area contributed by atoms with E-state index in [0.717, 1.165) is 10.9 Å². The van der Waals surface area contributed by atoms with Crippen LogP contribution in [0.2, 0.25) is 0 Å². The maximum Gasteiger partial charge on any atom is 0.234 e. The number of hydrogen-bond donors (Lipinski definition) is 1. The summed E-state index contributed by atoms with van der Waals surface area (Å²) in [4.78, 5) is 8.04. The fraction of sp³-hybridized carbons (Fsp3) is 0.545. The van der Waals surface area contributed by atoms with Gasteiger partial charge in [0.25, 0.3) is 0 Å². The quantitative estimate of drug-likeness (QED) is 0.667. The zero-order chi connectivity index (χ0) is 12.4. The molecular weight excluding hydrogens is 282 g/mol. The van der Waals surface area contributed by atoms with Crippen LogP contribution in [-0.4, -0.2) is 16.0 Å². The van der Waals surface area contributed by atoms with Gasteiger partial charge in [-0.05, 0) is 34.7 Å². The SMILES string of the molecule is C[C@H]1CCC[C@@H]1N(N)c1nc(C#N)ncc1Br. The highest BCUT2D eigenvalue weighted by Crippen LogP contribution is 2.32. The van der Waals surface area contributed by atoms with Crippen LogP contribution < -0.4 is 10.9 Å². The lowest BCUT2D eigenvalue weighted by molar-refractivity contribution is 0.486. The summed E-state index contributed by atoms with van der Waals surface area (Å²) >= 11 is 3.37. The Hall–Kier alpha value is -1.19. The van der Waals surface area contributed by atoms with Gasteiger partial charge >= 0.3 is 0 Å². The van der Waals surface area contributed by atoms with Crippen molar-refractivity contribution in [2.24, 2.45) is 11.8 Å². The largest absolute Gasteiger partial charge is 0.290 e. The molecule has 6 heteroatoms. The summed E-state index contributed by atoms with van der Waals surface area (Å²) in [6.45, 7) is 2.19. The number of rotatable bonds is 2. The van der Waals surface area contributed by atoms with Gasteiger partial charge in [0.05, 0.1) is 4.47 Å². The summed E-state index contributed by atoms with van der Waals surface area (Å²) in [6, 6.07) is 2.21. The van der Waals surface area contributed by atoms with E-state index in [-0.39, 0.29) is 11.9 Å². The monoisotopic (exact) mass is 295 g/mol. The summed E-state index contributed by atoms with van der Waals surface area (Å²) < 4.78 is 0.720. The molecule has 5 nitrogen and oxygen atoms in total. The Kier molecular flexibility index (Phi) is 3.60. The van der Waals surface area contributed by atoms with Gasteiger partial charge in [-0.1, -0.05) is 13.3 Å². The lowest BCUT2D eigenvalue weighted by atomic mass is 10.1. The molecule has 1 aliphatic carbocycles. The molecule has 0 aliphatic heterocycles. The molecule has 0 amide bonds. The van der Waals surface area contributed by atoms with Crippen molar-refractivity contribution in [3.63, 3.8) is 0 Å². The second kappa shape index (κ2) is 4.98. The molecule has 0 bridgehead atoms. The lowest BCUT2D eigenvalue weighted by Crippen LogP contribution is -2.43. The van der Waals surface area contributed by atoms with Crippen LogP contribution in [0.4, 0.5) is 5.82 Å². The number of hydrazine groups is 1. The Labute approximate surface area is 109 Å². The van der Waals surface area contributed by atoms with E-state index in [0.29, 0.717) is 11.7 Å². The number of aromatic nitrogens is 2. The van der Waals surface area contributed by atoms with Crippen LogP contribution in [-0.2, 0) is 0 Å². The first-order valence-electron chi connectivity index (χ1n) is 5.60. The van der Waals surface area contributed by atoms with Crippen molar-refractivity contribution < 1.29 is 0 Å². The highest BCUT2D eigenvalue weighted by atomic mass is 79.9. The van der Waals surface area contributed by atoms with E-state index >= 15 is 0 Å². The van der Waals surface area contributed by atoms with Gasteiger partial charge in [0.1, 0.15) is 6.07 Å². The van der Waals surface area contributed by atoms with Gasteiger partial charge in [-0.15, -0.1) is 0 Å². The molecule has 1 aromatic heterocycles. The van der Waals surface area contributed by atoms with E-state index in [2.05, 4.69) is 32.8 Å². The highest BCUT2D eigenvalue weighted by Gasteiger charge is 2.29. The number of nitrogens with two attached hydrogens (primary N) is 1. The second-order valence-corrected chi connectivity index (χ2v) is 5.21. The standard InChI is InChI=1S/C11H14BrN5/c1-7-3-2-4-9(7)17(14)11-8(12)6-15-10(5-13)16-11/h6-7,9H,2-4,14H2,1H3/t7-,9-/m0/s1. The zero-order valence-electron chi connectivity index (χ0n) is 9.60. The Balaban J connectivity index is 2.30. The fourth-order valence-corrected chi connectivity index (χ4v) is 2.69. The first-order valence-corrected chi connectivity index (χ1v) is 6.39. The maximum atomic E-state index is 8.80. The first kappa shape index (κ1) is 12.3. The van der Waals surface area contributed by atoms with Crippen molar-refractivity contribution in [2.45, 2.75) is 32.2 Å². The molecular formula is C11H14BrN5. The minimum atomic E-state index is 0.143. The third-order valence-corrected chi connectivity index (χ3v) is 3.80. The zero-order valence-corrected chi connectivity index (χ0v) is 11.2. The molecule has 90 valence electrons. The van der Waals surface area contributed by atoms with Crippen LogP contribution >= 0.6 is 15.9 Å². The molecule has 2 atom stereocenters. The van der Waals surface area contributed by atoms with Crippen molar-refractivity contribution in [1.29, 1.82) is 5.26 Å². The third-order valence-electron chi connectivity index (χ3n) is 3.24. The molecule has 1 aliphatic rings. The summed E-state index contributed by atoms with van der Waals surface area (Å²) in [5, 5.41) is 10.5. The summed E-state index contributed by atoms with van der Waals surface area (Å²) in [6.07, 6.45) is 5.01. The Morgan fingerprint density at radius 3 is 2.94 bits per heavy atom. The van der Waals surface area contributed by atoms with E-state index in [9.17, 15) is 0 Å². The van der Waals surface area contributed by atoms with Crippen LogP contribution in [0.15, 0.2) is 10.7 Å². The molecule has 1 fully saturated rings. The van der Waals surface area contributed by atoms with E-state index in [4.69, 9.17) is 11.1 Å². The van der Waals surface area contributed by atoms with Gasteiger partial charge in [0, 0.05) is 12.2 Å². The molecule has 0 saturated heterocycles. The fourth-order valence-electron chi connectivity index (χ4n) is 2.29. The Morgan fingerprint density at radius 1 is 1.59 bits per heavy atom. The van der Waals surface area contributed by atoms with Crippen LogP contribution in [0.1, 0.15) is 32.0 Å². The first-order chi connectivity index (χ1) is 8.13. The molecule has 1 heterocycles. The van der Waals surface area contributed by atoms with Crippen molar-refractivity contribution in [1.82, 2.24) is 9.97 Å². The van der Waals surface area contributed by atoms with Gasteiger partial charge in [-0.25, -0.2) is 10.8 Å². The van der Waals surface area contributed by atoms with Gasteiger partial charge in [-0.2, -0.15) is 10.2 Å². The molecule has 17 heavy (non-hydrogen) atoms. The maximum absolute atomic E-state index is 8.80. The van der Waals surface area contributed by atoms with E-state index < -0.39 is 0 Å². The number of halogens is 1. The second-order valence-electron chi connectivity index (χ2n) is 4.36. The predicted molar refractivity (Wildman–Crippen MR) is 67.9 cm³/mol. The average molecular weight is 296 g/mol. The molecule has 1 saturated carbocycles.